The van der Waals surface area contributed by atoms with Crippen molar-refractivity contribution in [1.82, 2.24) is 24.3 Å². The Hall–Kier alpha value is -3.90. The molecule has 0 saturated carbocycles. The fourth-order valence-electron chi connectivity index (χ4n) is 2.98. The second kappa shape index (κ2) is 12.0. The second-order valence-corrected chi connectivity index (χ2v) is 8.98. The smallest absolute Gasteiger partial charge is 0.407 e. The minimum atomic E-state index is -0.747. The van der Waals surface area contributed by atoms with Gasteiger partial charge in [-0.15, -0.1) is 0 Å². The van der Waals surface area contributed by atoms with Gasteiger partial charge in [0.25, 0.3) is 5.56 Å². The van der Waals surface area contributed by atoms with Crippen molar-refractivity contribution < 1.29 is 28.4 Å². The fraction of sp³-hybridized carbons (Fsp3) is 0.545. The molecule has 13 nitrogen and oxygen atoms in total. The molecule has 0 radical (unpaired) electrons. The molecule has 2 aromatic heterocycles. The molecule has 0 aliphatic heterocycles. The highest BCUT2D eigenvalue weighted by Crippen LogP contribution is 2.06. The van der Waals surface area contributed by atoms with Gasteiger partial charge in [-0.2, -0.15) is 0 Å². The lowest BCUT2D eigenvalue weighted by Crippen LogP contribution is -2.45. The zero-order valence-electron chi connectivity index (χ0n) is 20.7. The Morgan fingerprint density at radius 1 is 1.23 bits per heavy atom. The first kappa shape index (κ1) is 27.3. The van der Waals surface area contributed by atoms with Crippen LogP contribution >= 0.6 is 0 Å². The summed E-state index contributed by atoms with van der Waals surface area (Å²) < 4.78 is 15.1. The van der Waals surface area contributed by atoms with Gasteiger partial charge in [-0.1, -0.05) is 0 Å². The van der Waals surface area contributed by atoms with E-state index in [2.05, 4.69) is 10.3 Å². The molecule has 13 heteroatoms. The van der Waals surface area contributed by atoms with Gasteiger partial charge in [0.1, 0.15) is 44.2 Å². The van der Waals surface area contributed by atoms with Crippen molar-refractivity contribution in [2.45, 2.75) is 46.4 Å². The number of aromatic amines is 1. The maximum absolute atomic E-state index is 12.9. The number of ether oxygens (including phenoxy) is 2. The lowest BCUT2D eigenvalue weighted by molar-refractivity contribution is -0.671. The molecule has 0 aliphatic rings. The molecule has 0 spiro atoms. The number of carbonyl (C=O) groups excluding carboxylic acids is 3. The third-order valence-electron chi connectivity index (χ3n) is 4.65. The van der Waals surface area contributed by atoms with Crippen molar-refractivity contribution in [3.05, 3.63) is 51.3 Å². The summed E-state index contributed by atoms with van der Waals surface area (Å²) in [5.41, 5.74) is -1.72. The summed E-state index contributed by atoms with van der Waals surface area (Å²) >= 11 is 0. The van der Waals surface area contributed by atoms with Gasteiger partial charge < -0.3 is 19.7 Å². The van der Waals surface area contributed by atoms with Crippen LogP contribution in [-0.2, 0) is 39.2 Å². The fourth-order valence-corrected chi connectivity index (χ4v) is 2.98. The molecule has 0 atom stereocenters. The van der Waals surface area contributed by atoms with Crippen LogP contribution in [0.15, 0.2) is 34.5 Å². The highest BCUT2D eigenvalue weighted by Gasteiger charge is 2.21. The highest BCUT2D eigenvalue weighted by molar-refractivity contribution is 5.82. The summed E-state index contributed by atoms with van der Waals surface area (Å²) in [6, 6.07) is 0. The van der Waals surface area contributed by atoms with Gasteiger partial charge in [0.2, 0.25) is 12.2 Å². The van der Waals surface area contributed by atoms with Crippen LogP contribution in [-0.4, -0.2) is 68.8 Å². The zero-order chi connectivity index (χ0) is 26.2. The first-order valence-electron chi connectivity index (χ1n) is 11.1. The monoisotopic (exact) mass is 493 g/mol. The molecule has 0 fully saturated rings. The Bertz CT molecular complexity index is 1160. The Morgan fingerprint density at radius 2 is 1.94 bits per heavy atom. The summed E-state index contributed by atoms with van der Waals surface area (Å²) in [6.07, 6.45) is 6.11. The van der Waals surface area contributed by atoms with E-state index in [4.69, 9.17) is 9.47 Å². The number of aryl methyl sites for hydroxylation is 2. The predicted molar refractivity (Wildman–Crippen MR) is 123 cm³/mol. The van der Waals surface area contributed by atoms with E-state index in [1.165, 1.54) is 18.0 Å². The second-order valence-electron chi connectivity index (χ2n) is 8.98. The molecule has 0 unspecified atom stereocenters. The van der Waals surface area contributed by atoms with Crippen LogP contribution in [0.25, 0.3) is 0 Å². The SMILES string of the molecule is Cc1cn(CC(=O)N(CCNC(=O)OC(C)(C)C)CC(=O)OCCn2cc[n+](C)c2)c(=O)[nH]c1=O. The highest BCUT2D eigenvalue weighted by atomic mass is 16.6. The van der Waals surface area contributed by atoms with Crippen molar-refractivity contribution >= 4 is 18.0 Å². The van der Waals surface area contributed by atoms with Crippen molar-refractivity contribution in [1.29, 1.82) is 0 Å². The summed E-state index contributed by atoms with van der Waals surface area (Å²) in [4.78, 5) is 64.2. The number of hydrogen-bond acceptors (Lipinski definition) is 7. The molecule has 35 heavy (non-hydrogen) atoms. The van der Waals surface area contributed by atoms with Gasteiger partial charge in [0, 0.05) is 24.8 Å². The minimum absolute atomic E-state index is 0.00729. The molecule has 0 aromatic carbocycles. The van der Waals surface area contributed by atoms with Crippen LogP contribution in [0.2, 0.25) is 0 Å². The number of esters is 1. The average Bonchev–Trinajstić information content (AvgIpc) is 3.14. The van der Waals surface area contributed by atoms with E-state index < -0.39 is 41.4 Å². The average molecular weight is 494 g/mol. The lowest BCUT2D eigenvalue weighted by atomic mass is 10.2. The van der Waals surface area contributed by atoms with Crippen molar-refractivity contribution in [2.75, 3.05) is 26.2 Å². The maximum atomic E-state index is 12.9. The Kier molecular flexibility index (Phi) is 9.37. The van der Waals surface area contributed by atoms with Crippen molar-refractivity contribution in [2.24, 2.45) is 7.05 Å². The Labute approximate surface area is 202 Å². The number of imidazole rings is 1. The molecule has 0 aliphatic carbocycles. The summed E-state index contributed by atoms with van der Waals surface area (Å²) in [5.74, 6) is -1.21. The number of alkyl carbamates (subject to hydrolysis) is 1. The van der Waals surface area contributed by atoms with Gasteiger partial charge in [0.05, 0.1) is 7.05 Å². The number of H-pyrrole nitrogens is 1. The topological polar surface area (TPSA) is 149 Å². The molecular formula is C22H33N6O7+. The van der Waals surface area contributed by atoms with Gasteiger partial charge in [-0.05, 0) is 27.7 Å². The van der Waals surface area contributed by atoms with Crippen LogP contribution in [0.4, 0.5) is 4.79 Å². The lowest BCUT2D eigenvalue weighted by Gasteiger charge is -2.23. The molecule has 2 amide bonds. The zero-order valence-corrected chi connectivity index (χ0v) is 20.7. The van der Waals surface area contributed by atoms with E-state index in [0.29, 0.717) is 6.54 Å². The van der Waals surface area contributed by atoms with Gasteiger partial charge >= 0.3 is 17.8 Å². The molecular weight excluding hydrogens is 460 g/mol. The van der Waals surface area contributed by atoms with Crippen LogP contribution in [0.5, 0.6) is 0 Å². The number of aromatic nitrogens is 4. The van der Waals surface area contributed by atoms with E-state index in [0.717, 1.165) is 4.57 Å². The number of rotatable bonds is 10. The number of nitrogens with one attached hydrogen (secondary N) is 2. The Morgan fingerprint density at radius 3 is 2.57 bits per heavy atom. The predicted octanol–water partition coefficient (Wildman–Crippen LogP) is -0.932. The van der Waals surface area contributed by atoms with Crippen LogP contribution in [0.1, 0.15) is 26.3 Å². The van der Waals surface area contributed by atoms with Gasteiger partial charge in [0.15, 0.2) is 0 Å². The summed E-state index contributed by atoms with van der Waals surface area (Å²) in [6.45, 7) is 6.38. The molecule has 0 saturated heterocycles. The van der Waals surface area contributed by atoms with E-state index in [9.17, 15) is 24.0 Å². The first-order valence-corrected chi connectivity index (χ1v) is 11.1. The standard InChI is InChI=1S/C22H32N6O7/c1-16-12-28(20(32)24-19(16)31)13-17(29)27(7-6-23-21(33)35-22(2,3)4)14-18(30)34-11-10-26-9-8-25(5)15-26/h8-9,12,15H,6-7,10-11,13-14H2,1-5H3,(H-,23,24,31,32,33)/p+1. The third kappa shape index (κ3) is 9.47. The first-order chi connectivity index (χ1) is 16.3. The molecule has 192 valence electrons. The van der Waals surface area contributed by atoms with Gasteiger partial charge in [-0.25, -0.2) is 18.7 Å². The normalized spacial score (nSPS) is 11.1. The summed E-state index contributed by atoms with van der Waals surface area (Å²) in [7, 11) is 1.87. The van der Waals surface area contributed by atoms with Crippen LogP contribution < -0.4 is 21.1 Å². The molecule has 0 bridgehead atoms. The maximum Gasteiger partial charge on any atom is 0.407 e. The quantitative estimate of drug-likeness (QED) is 0.321. The molecule has 2 rings (SSSR count). The number of nitrogens with zero attached hydrogens (tertiary/aromatic N) is 4. The van der Waals surface area contributed by atoms with Crippen molar-refractivity contribution in [3.8, 4) is 0 Å². The van der Waals surface area contributed by atoms with Gasteiger partial charge in [-0.3, -0.25) is 23.9 Å². The number of carbonyl (C=O) groups is 3. The van der Waals surface area contributed by atoms with E-state index in [-0.39, 0.29) is 31.8 Å². The number of hydrogen-bond donors (Lipinski definition) is 2. The largest absolute Gasteiger partial charge is 0.460 e. The van der Waals surface area contributed by atoms with E-state index in [1.54, 1.807) is 20.8 Å². The summed E-state index contributed by atoms with van der Waals surface area (Å²) in [5, 5.41) is 2.53. The minimum Gasteiger partial charge on any atom is -0.460 e. The van der Waals surface area contributed by atoms with E-state index >= 15 is 0 Å². The number of amides is 2. The van der Waals surface area contributed by atoms with Crippen LogP contribution in [0.3, 0.4) is 0 Å². The van der Waals surface area contributed by atoms with E-state index in [1.807, 2.05) is 34.9 Å². The Balaban J connectivity index is 2.01. The van der Waals surface area contributed by atoms with Crippen LogP contribution in [0, 0.1) is 6.92 Å². The molecule has 2 N–H and O–H groups in total. The van der Waals surface area contributed by atoms with Crippen molar-refractivity contribution in [3.63, 3.8) is 0 Å². The molecule has 2 aromatic rings. The molecule has 2 heterocycles. The third-order valence-corrected chi connectivity index (χ3v) is 4.65.